The Balaban J connectivity index is 2.48. The average Bonchev–Trinajstić information content (AvgIpc) is 2.36. The second-order valence-corrected chi connectivity index (χ2v) is 3.42. The number of halogens is 2. The summed E-state index contributed by atoms with van der Waals surface area (Å²) in [5, 5.41) is 2.85. The highest BCUT2D eigenvalue weighted by Gasteiger charge is 2.40. The summed E-state index contributed by atoms with van der Waals surface area (Å²) < 4.78 is 25.9. The Morgan fingerprint density at radius 3 is 2.55 bits per heavy atom. The van der Waals surface area contributed by atoms with E-state index in [-0.39, 0.29) is 6.42 Å². The molecule has 2 unspecified atom stereocenters. The Morgan fingerprint density at radius 2 is 2.18 bits per heavy atom. The number of hydrogen-bond donors (Lipinski definition) is 1. The number of alkyl halides is 2. The Kier molecular flexibility index (Phi) is 2.47. The molecule has 1 aliphatic rings. The van der Waals surface area contributed by atoms with Crippen LogP contribution >= 0.6 is 0 Å². The van der Waals surface area contributed by atoms with Crippen molar-refractivity contribution < 1.29 is 8.78 Å². The molecule has 0 aromatic carbocycles. The first-order valence-corrected chi connectivity index (χ1v) is 4.17. The van der Waals surface area contributed by atoms with Crippen LogP contribution < -0.4 is 5.32 Å². The summed E-state index contributed by atoms with van der Waals surface area (Å²) in [7, 11) is 0. The molecular formula is C8H15F2N. The van der Waals surface area contributed by atoms with Gasteiger partial charge in [0.25, 0.3) is 5.92 Å². The average molecular weight is 163 g/mol. The number of nitrogens with one attached hydrogen (secondary N) is 1. The summed E-state index contributed by atoms with van der Waals surface area (Å²) >= 11 is 0. The minimum atomic E-state index is -2.51. The molecule has 0 aromatic rings. The van der Waals surface area contributed by atoms with Crippen molar-refractivity contribution in [3.63, 3.8) is 0 Å². The van der Waals surface area contributed by atoms with Gasteiger partial charge in [0.05, 0.1) is 6.04 Å². The van der Waals surface area contributed by atoms with Crippen LogP contribution in [-0.4, -0.2) is 18.5 Å². The zero-order valence-corrected chi connectivity index (χ0v) is 7.03. The third-order valence-corrected chi connectivity index (χ3v) is 2.33. The Labute approximate surface area is 66.2 Å². The molecule has 1 nitrogen and oxygen atoms in total. The first-order valence-electron chi connectivity index (χ1n) is 4.17. The molecule has 1 rings (SSSR count). The van der Waals surface area contributed by atoms with Crippen LogP contribution in [0.5, 0.6) is 0 Å². The molecule has 1 fully saturated rings. The predicted molar refractivity (Wildman–Crippen MR) is 40.8 cm³/mol. The van der Waals surface area contributed by atoms with Gasteiger partial charge in [-0.2, -0.15) is 0 Å². The van der Waals surface area contributed by atoms with E-state index >= 15 is 0 Å². The zero-order valence-electron chi connectivity index (χ0n) is 7.03. The highest BCUT2D eigenvalue weighted by atomic mass is 19.3. The predicted octanol–water partition coefficient (Wildman–Crippen LogP) is 2.03. The molecular weight excluding hydrogens is 148 g/mol. The molecule has 1 N–H and O–H groups in total. The van der Waals surface area contributed by atoms with E-state index in [1.807, 2.05) is 6.92 Å². The molecule has 0 aromatic heterocycles. The van der Waals surface area contributed by atoms with Gasteiger partial charge >= 0.3 is 0 Å². The van der Waals surface area contributed by atoms with Crippen molar-refractivity contribution in [3.05, 3.63) is 0 Å². The van der Waals surface area contributed by atoms with Crippen molar-refractivity contribution >= 4 is 0 Å². The van der Waals surface area contributed by atoms with Gasteiger partial charge < -0.3 is 5.32 Å². The van der Waals surface area contributed by atoms with E-state index in [2.05, 4.69) is 5.32 Å². The number of rotatable bonds is 2. The van der Waals surface area contributed by atoms with Crippen molar-refractivity contribution in [2.45, 2.75) is 38.7 Å². The van der Waals surface area contributed by atoms with Crippen molar-refractivity contribution in [3.8, 4) is 0 Å². The summed E-state index contributed by atoms with van der Waals surface area (Å²) in [6, 6.07) is -0.581. The van der Waals surface area contributed by atoms with E-state index in [0.717, 1.165) is 6.54 Å². The molecule has 1 heterocycles. The molecule has 2 atom stereocenters. The van der Waals surface area contributed by atoms with Crippen LogP contribution in [-0.2, 0) is 0 Å². The van der Waals surface area contributed by atoms with Crippen molar-refractivity contribution in [1.82, 2.24) is 5.32 Å². The molecule has 0 radical (unpaired) electrons. The van der Waals surface area contributed by atoms with Crippen molar-refractivity contribution in [2.75, 3.05) is 6.54 Å². The lowest BCUT2D eigenvalue weighted by Crippen LogP contribution is -2.40. The molecule has 11 heavy (non-hydrogen) atoms. The molecule has 0 amide bonds. The fraction of sp³-hybridized carbons (Fsp3) is 1.00. The SMILES string of the molecule is CCC(F)(F)C1CC(C)CN1. The highest BCUT2D eigenvalue weighted by molar-refractivity contribution is 4.89. The minimum Gasteiger partial charge on any atom is -0.308 e. The maximum atomic E-state index is 13.0. The van der Waals surface area contributed by atoms with E-state index in [1.165, 1.54) is 6.92 Å². The lowest BCUT2D eigenvalue weighted by molar-refractivity contribution is -0.0355. The van der Waals surface area contributed by atoms with E-state index in [4.69, 9.17) is 0 Å². The quantitative estimate of drug-likeness (QED) is 0.656. The second-order valence-electron chi connectivity index (χ2n) is 3.42. The fourth-order valence-electron chi connectivity index (χ4n) is 1.48. The minimum absolute atomic E-state index is 0.0581. The fourth-order valence-corrected chi connectivity index (χ4v) is 1.48. The van der Waals surface area contributed by atoms with Gasteiger partial charge in [0.15, 0.2) is 0 Å². The third kappa shape index (κ3) is 1.89. The second kappa shape index (κ2) is 3.05. The van der Waals surface area contributed by atoms with Gasteiger partial charge in [0, 0.05) is 6.42 Å². The van der Waals surface area contributed by atoms with Gasteiger partial charge in [-0.1, -0.05) is 13.8 Å². The topological polar surface area (TPSA) is 12.0 Å². The maximum Gasteiger partial charge on any atom is 0.262 e. The van der Waals surface area contributed by atoms with Crippen LogP contribution in [0.3, 0.4) is 0 Å². The Morgan fingerprint density at radius 1 is 1.55 bits per heavy atom. The lowest BCUT2D eigenvalue weighted by atomic mass is 10.0. The lowest BCUT2D eigenvalue weighted by Gasteiger charge is -2.21. The molecule has 1 saturated heterocycles. The van der Waals surface area contributed by atoms with Gasteiger partial charge in [-0.25, -0.2) is 8.78 Å². The summed E-state index contributed by atoms with van der Waals surface area (Å²) in [6.45, 7) is 4.27. The van der Waals surface area contributed by atoms with Gasteiger partial charge in [-0.15, -0.1) is 0 Å². The van der Waals surface area contributed by atoms with Crippen LogP contribution in [0.25, 0.3) is 0 Å². The van der Waals surface area contributed by atoms with Crippen LogP contribution in [0, 0.1) is 5.92 Å². The van der Waals surface area contributed by atoms with Gasteiger partial charge in [0.2, 0.25) is 0 Å². The van der Waals surface area contributed by atoms with Gasteiger partial charge in [-0.05, 0) is 18.9 Å². The van der Waals surface area contributed by atoms with E-state index in [0.29, 0.717) is 12.3 Å². The van der Waals surface area contributed by atoms with Crippen LogP contribution in [0.1, 0.15) is 26.7 Å². The van der Waals surface area contributed by atoms with Crippen LogP contribution in [0.4, 0.5) is 8.78 Å². The Hall–Kier alpha value is -0.180. The van der Waals surface area contributed by atoms with E-state index < -0.39 is 12.0 Å². The van der Waals surface area contributed by atoms with Gasteiger partial charge in [-0.3, -0.25) is 0 Å². The first kappa shape index (κ1) is 8.91. The van der Waals surface area contributed by atoms with Crippen molar-refractivity contribution in [1.29, 1.82) is 0 Å². The summed E-state index contributed by atoms with van der Waals surface area (Å²) in [5.74, 6) is -2.11. The van der Waals surface area contributed by atoms with Crippen LogP contribution in [0.2, 0.25) is 0 Å². The first-order chi connectivity index (χ1) is 5.06. The third-order valence-electron chi connectivity index (χ3n) is 2.33. The highest BCUT2D eigenvalue weighted by Crippen LogP contribution is 2.29. The standard InChI is InChI=1S/C8H15F2N/c1-3-8(9,10)7-4-6(2)5-11-7/h6-7,11H,3-5H2,1-2H3. The molecule has 1 aliphatic heterocycles. The smallest absolute Gasteiger partial charge is 0.262 e. The molecule has 66 valence electrons. The summed E-state index contributed by atoms with van der Waals surface area (Å²) in [5.41, 5.74) is 0. The van der Waals surface area contributed by atoms with Crippen LogP contribution in [0.15, 0.2) is 0 Å². The largest absolute Gasteiger partial charge is 0.308 e. The van der Waals surface area contributed by atoms with Crippen molar-refractivity contribution in [2.24, 2.45) is 5.92 Å². The summed E-state index contributed by atoms with van der Waals surface area (Å²) in [6.07, 6.45) is 0.554. The molecule has 0 bridgehead atoms. The monoisotopic (exact) mass is 163 g/mol. The molecule has 0 aliphatic carbocycles. The zero-order chi connectivity index (χ0) is 8.48. The number of hydrogen-bond acceptors (Lipinski definition) is 1. The maximum absolute atomic E-state index is 13.0. The van der Waals surface area contributed by atoms with Gasteiger partial charge in [0.1, 0.15) is 0 Å². The molecule has 0 saturated carbocycles. The summed E-state index contributed by atoms with van der Waals surface area (Å²) in [4.78, 5) is 0. The molecule has 3 heteroatoms. The van der Waals surface area contributed by atoms with E-state index in [9.17, 15) is 8.78 Å². The molecule has 0 spiro atoms. The Bertz CT molecular complexity index is 136. The van der Waals surface area contributed by atoms with E-state index in [1.54, 1.807) is 0 Å². The normalized spacial score (nSPS) is 32.7.